The first-order valence-electron chi connectivity index (χ1n) is 10.2. The molecule has 1 atom stereocenters. The smallest absolute Gasteiger partial charge is 0.387 e. The van der Waals surface area contributed by atoms with Crippen molar-refractivity contribution in [3.05, 3.63) is 82.0 Å². The maximum absolute atomic E-state index is 12.9. The summed E-state index contributed by atoms with van der Waals surface area (Å²) in [5.41, 5.74) is 1.60. The van der Waals surface area contributed by atoms with Crippen molar-refractivity contribution in [2.75, 3.05) is 13.7 Å². The molecule has 3 aromatic rings. The van der Waals surface area contributed by atoms with Gasteiger partial charge in [0.2, 0.25) is 5.91 Å². The van der Waals surface area contributed by atoms with Crippen LogP contribution in [-0.2, 0) is 17.6 Å². The molecule has 1 aromatic heterocycles. The summed E-state index contributed by atoms with van der Waals surface area (Å²) in [7, 11) is 1.37. The molecule has 0 saturated heterocycles. The van der Waals surface area contributed by atoms with Crippen LogP contribution < -0.4 is 20.1 Å². The van der Waals surface area contributed by atoms with Gasteiger partial charge in [-0.25, -0.2) is 0 Å². The molecule has 0 aliphatic heterocycles. The molecule has 174 valence electrons. The van der Waals surface area contributed by atoms with Gasteiger partial charge in [0.05, 0.1) is 12.0 Å². The highest BCUT2D eigenvalue weighted by Gasteiger charge is 2.22. The first-order valence-corrected chi connectivity index (χ1v) is 11.1. The number of carbonyl (C=O) groups is 2. The van der Waals surface area contributed by atoms with Gasteiger partial charge in [0.1, 0.15) is 6.04 Å². The van der Waals surface area contributed by atoms with E-state index in [1.807, 2.05) is 30.3 Å². The summed E-state index contributed by atoms with van der Waals surface area (Å²) < 4.78 is 34.8. The Morgan fingerprint density at radius 3 is 2.45 bits per heavy atom. The number of alkyl halides is 2. The van der Waals surface area contributed by atoms with Crippen molar-refractivity contribution >= 4 is 23.2 Å². The Bertz CT molecular complexity index is 1050. The SMILES string of the molecule is COc1ccc(CCNC(=O)C(Cc2ccccc2)NC(=O)c2cccs2)cc1OC(F)F. The Kier molecular flexibility index (Phi) is 8.77. The number of halogens is 2. The lowest BCUT2D eigenvalue weighted by molar-refractivity contribution is -0.122. The second kappa shape index (κ2) is 12.0. The summed E-state index contributed by atoms with van der Waals surface area (Å²) in [6.07, 6.45) is 0.713. The molecular formula is C24H24F2N2O4S. The van der Waals surface area contributed by atoms with Crippen LogP contribution in [0.3, 0.4) is 0 Å². The molecule has 9 heteroatoms. The Labute approximate surface area is 194 Å². The summed E-state index contributed by atoms with van der Waals surface area (Å²) in [5.74, 6) is -0.518. The standard InChI is InChI=1S/C24H24F2N2O4S/c1-31-19-10-9-17(15-20(19)32-24(25)26)11-12-27-22(29)18(14-16-6-3-2-4-7-16)28-23(30)21-8-5-13-33-21/h2-10,13,15,18,24H,11-12,14H2,1H3,(H,27,29)(H,28,30). The number of nitrogens with one attached hydrogen (secondary N) is 2. The van der Waals surface area contributed by atoms with E-state index in [9.17, 15) is 18.4 Å². The number of rotatable bonds is 11. The zero-order valence-corrected chi connectivity index (χ0v) is 18.7. The van der Waals surface area contributed by atoms with Crippen molar-refractivity contribution in [1.29, 1.82) is 0 Å². The molecule has 0 aliphatic rings. The molecule has 3 rings (SSSR count). The maximum atomic E-state index is 12.9. The van der Waals surface area contributed by atoms with Crippen molar-refractivity contribution in [2.24, 2.45) is 0 Å². The van der Waals surface area contributed by atoms with Gasteiger partial charge < -0.3 is 20.1 Å². The molecule has 33 heavy (non-hydrogen) atoms. The number of ether oxygens (including phenoxy) is 2. The van der Waals surface area contributed by atoms with Crippen LogP contribution in [0.4, 0.5) is 8.78 Å². The fraction of sp³-hybridized carbons (Fsp3) is 0.250. The summed E-state index contributed by atoms with van der Waals surface area (Å²) in [6.45, 7) is -2.72. The molecule has 0 saturated carbocycles. The fourth-order valence-electron chi connectivity index (χ4n) is 3.21. The molecule has 1 unspecified atom stereocenters. The van der Waals surface area contributed by atoms with Gasteiger partial charge in [-0.2, -0.15) is 8.78 Å². The molecule has 0 aliphatic carbocycles. The number of thiophene rings is 1. The number of hydrogen-bond acceptors (Lipinski definition) is 5. The van der Waals surface area contributed by atoms with Crippen LogP contribution in [-0.4, -0.2) is 38.1 Å². The summed E-state index contributed by atoms with van der Waals surface area (Å²) in [5, 5.41) is 7.42. The molecule has 0 fully saturated rings. The minimum absolute atomic E-state index is 0.0681. The Morgan fingerprint density at radius 1 is 1.00 bits per heavy atom. The fourth-order valence-corrected chi connectivity index (χ4v) is 3.84. The van der Waals surface area contributed by atoms with Crippen molar-refractivity contribution in [3.63, 3.8) is 0 Å². The topological polar surface area (TPSA) is 76.7 Å². The monoisotopic (exact) mass is 474 g/mol. The lowest BCUT2D eigenvalue weighted by Crippen LogP contribution is -2.48. The highest BCUT2D eigenvalue weighted by Crippen LogP contribution is 2.29. The van der Waals surface area contributed by atoms with E-state index in [2.05, 4.69) is 15.4 Å². The minimum Gasteiger partial charge on any atom is -0.493 e. The van der Waals surface area contributed by atoms with Crippen LogP contribution in [0.15, 0.2) is 66.0 Å². The van der Waals surface area contributed by atoms with E-state index in [1.165, 1.54) is 30.6 Å². The van der Waals surface area contributed by atoms with Crippen LogP contribution in [0.2, 0.25) is 0 Å². The predicted octanol–water partition coefficient (Wildman–Crippen LogP) is 4.06. The van der Waals surface area contributed by atoms with Gasteiger partial charge in [-0.15, -0.1) is 11.3 Å². The molecular weight excluding hydrogens is 450 g/mol. The molecule has 6 nitrogen and oxygen atoms in total. The molecule has 0 radical (unpaired) electrons. The van der Waals surface area contributed by atoms with E-state index in [4.69, 9.17) is 4.74 Å². The van der Waals surface area contributed by atoms with Gasteiger partial charge >= 0.3 is 6.61 Å². The van der Waals surface area contributed by atoms with Gasteiger partial charge in [-0.05, 0) is 41.1 Å². The van der Waals surface area contributed by atoms with Crippen molar-refractivity contribution < 1.29 is 27.8 Å². The van der Waals surface area contributed by atoms with Gasteiger partial charge in [0.15, 0.2) is 11.5 Å². The molecule has 2 N–H and O–H groups in total. The lowest BCUT2D eigenvalue weighted by Gasteiger charge is -2.18. The van der Waals surface area contributed by atoms with E-state index in [-0.39, 0.29) is 29.9 Å². The molecule has 0 bridgehead atoms. The number of amides is 2. The average molecular weight is 475 g/mol. The zero-order chi connectivity index (χ0) is 23.6. The molecule has 1 heterocycles. The molecule has 0 spiro atoms. The van der Waals surface area contributed by atoms with Crippen molar-refractivity contribution in [2.45, 2.75) is 25.5 Å². The van der Waals surface area contributed by atoms with Crippen LogP contribution in [0.1, 0.15) is 20.8 Å². The van der Waals surface area contributed by atoms with Crippen LogP contribution >= 0.6 is 11.3 Å². The van der Waals surface area contributed by atoms with Crippen LogP contribution in [0.5, 0.6) is 11.5 Å². The largest absolute Gasteiger partial charge is 0.493 e. The third-order valence-electron chi connectivity index (χ3n) is 4.81. The second-order valence-electron chi connectivity index (χ2n) is 7.10. The van der Waals surface area contributed by atoms with E-state index in [1.54, 1.807) is 23.6 Å². The predicted molar refractivity (Wildman–Crippen MR) is 122 cm³/mol. The first kappa shape index (κ1) is 24.2. The molecule has 2 amide bonds. The van der Waals surface area contributed by atoms with E-state index < -0.39 is 12.7 Å². The quantitative estimate of drug-likeness (QED) is 0.440. The van der Waals surface area contributed by atoms with Crippen molar-refractivity contribution in [3.8, 4) is 11.5 Å². The number of benzene rings is 2. The first-order chi connectivity index (χ1) is 16.0. The lowest BCUT2D eigenvalue weighted by atomic mass is 10.0. The van der Waals surface area contributed by atoms with Crippen LogP contribution in [0.25, 0.3) is 0 Å². The Morgan fingerprint density at radius 2 is 1.79 bits per heavy atom. The maximum Gasteiger partial charge on any atom is 0.387 e. The zero-order valence-electron chi connectivity index (χ0n) is 17.9. The number of carbonyl (C=O) groups excluding carboxylic acids is 2. The molecule has 2 aromatic carbocycles. The normalized spacial score (nSPS) is 11.6. The van der Waals surface area contributed by atoms with E-state index >= 15 is 0 Å². The average Bonchev–Trinajstić information content (AvgIpc) is 3.34. The highest BCUT2D eigenvalue weighted by atomic mass is 32.1. The third-order valence-corrected chi connectivity index (χ3v) is 5.68. The minimum atomic E-state index is -2.97. The van der Waals surface area contributed by atoms with Gasteiger partial charge in [0, 0.05) is 13.0 Å². The number of methoxy groups -OCH3 is 1. The van der Waals surface area contributed by atoms with Gasteiger partial charge in [-0.1, -0.05) is 42.5 Å². The Hall–Kier alpha value is -3.46. The van der Waals surface area contributed by atoms with E-state index in [0.717, 1.165) is 5.56 Å². The van der Waals surface area contributed by atoms with Crippen LogP contribution in [0, 0.1) is 0 Å². The second-order valence-corrected chi connectivity index (χ2v) is 8.05. The summed E-state index contributed by atoms with van der Waals surface area (Å²) in [4.78, 5) is 25.9. The Balaban J connectivity index is 1.63. The van der Waals surface area contributed by atoms with E-state index in [0.29, 0.717) is 23.3 Å². The van der Waals surface area contributed by atoms with Gasteiger partial charge in [0.25, 0.3) is 5.91 Å². The summed E-state index contributed by atoms with van der Waals surface area (Å²) >= 11 is 1.30. The number of hydrogen-bond donors (Lipinski definition) is 2. The third kappa shape index (κ3) is 7.28. The van der Waals surface area contributed by atoms with Crippen molar-refractivity contribution in [1.82, 2.24) is 10.6 Å². The summed E-state index contributed by atoms with van der Waals surface area (Å²) in [6, 6.07) is 16.8. The van der Waals surface area contributed by atoms with Gasteiger partial charge in [-0.3, -0.25) is 9.59 Å². The highest BCUT2D eigenvalue weighted by molar-refractivity contribution is 7.12.